The molecule has 0 fully saturated rings. The lowest BCUT2D eigenvalue weighted by Crippen LogP contribution is -2.42. The summed E-state index contributed by atoms with van der Waals surface area (Å²) in [4.78, 5) is 33.0. The number of nitrogens with zero attached hydrogens (tertiary/aromatic N) is 1. The summed E-state index contributed by atoms with van der Waals surface area (Å²) in [5, 5.41) is 15.3. The van der Waals surface area contributed by atoms with Crippen LogP contribution in [0.4, 0.5) is 11.4 Å². The van der Waals surface area contributed by atoms with Gasteiger partial charge in [0, 0.05) is 31.0 Å². The molecular formula is C12H15N3O5. The number of benzene rings is 1. The number of carbonyl (C=O) groups excluding carboxylic acids is 2. The molecule has 0 saturated carbocycles. The minimum atomic E-state index is -0.846. The molecule has 8 heteroatoms. The summed E-state index contributed by atoms with van der Waals surface area (Å²) in [6.45, 7) is 1.98. The van der Waals surface area contributed by atoms with Crippen LogP contribution in [0.2, 0.25) is 0 Å². The van der Waals surface area contributed by atoms with Crippen molar-refractivity contribution in [2.75, 3.05) is 19.0 Å². The van der Waals surface area contributed by atoms with Crippen molar-refractivity contribution in [1.29, 1.82) is 0 Å². The lowest BCUT2D eigenvalue weighted by atomic mass is 10.3. The van der Waals surface area contributed by atoms with Crippen molar-refractivity contribution in [3.63, 3.8) is 0 Å². The van der Waals surface area contributed by atoms with E-state index >= 15 is 0 Å². The number of carbonyl (C=O) groups is 2. The molecule has 8 nitrogen and oxygen atoms in total. The SMILES string of the molecule is COCC(C)NC(=O)C(=O)Nc1ccc([N+](=O)[O-])cc1. The normalized spacial score (nSPS) is 11.5. The molecule has 1 rings (SSSR count). The Hall–Kier alpha value is -2.48. The molecule has 0 heterocycles. The second-order valence-electron chi connectivity index (χ2n) is 4.09. The Balaban J connectivity index is 2.57. The number of ether oxygens (including phenoxy) is 1. The van der Waals surface area contributed by atoms with Gasteiger partial charge in [-0.25, -0.2) is 0 Å². The number of nitro groups is 1. The Bertz CT molecular complexity index is 500. The average Bonchev–Trinajstić information content (AvgIpc) is 2.39. The van der Waals surface area contributed by atoms with E-state index in [4.69, 9.17) is 4.74 Å². The molecule has 0 aromatic heterocycles. The molecular weight excluding hydrogens is 266 g/mol. The van der Waals surface area contributed by atoms with Crippen molar-refractivity contribution >= 4 is 23.2 Å². The van der Waals surface area contributed by atoms with Crippen LogP contribution in [0.5, 0.6) is 0 Å². The predicted octanol–water partition coefficient (Wildman–Crippen LogP) is 0.684. The number of rotatable bonds is 5. The van der Waals surface area contributed by atoms with Gasteiger partial charge in [-0.2, -0.15) is 0 Å². The van der Waals surface area contributed by atoms with Crippen molar-refractivity contribution in [1.82, 2.24) is 5.32 Å². The van der Waals surface area contributed by atoms with Gasteiger partial charge < -0.3 is 15.4 Å². The highest BCUT2D eigenvalue weighted by atomic mass is 16.6. The number of amides is 2. The molecule has 1 atom stereocenters. The van der Waals surface area contributed by atoms with Crippen LogP contribution in [0.25, 0.3) is 0 Å². The third kappa shape index (κ3) is 4.65. The number of hydrogen-bond donors (Lipinski definition) is 2. The monoisotopic (exact) mass is 281 g/mol. The van der Waals surface area contributed by atoms with E-state index in [0.29, 0.717) is 5.69 Å². The predicted molar refractivity (Wildman–Crippen MR) is 71.2 cm³/mol. The molecule has 1 unspecified atom stereocenters. The molecule has 0 bridgehead atoms. The highest BCUT2D eigenvalue weighted by Crippen LogP contribution is 2.15. The van der Waals surface area contributed by atoms with Crippen LogP contribution in [0.1, 0.15) is 6.92 Å². The van der Waals surface area contributed by atoms with Gasteiger partial charge in [0.1, 0.15) is 0 Å². The quantitative estimate of drug-likeness (QED) is 0.468. The van der Waals surface area contributed by atoms with Gasteiger partial charge >= 0.3 is 11.8 Å². The van der Waals surface area contributed by atoms with Crippen molar-refractivity contribution in [2.45, 2.75) is 13.0 Å². The van der Waals surface area contributed by atoms with E-state index in [1.54, 1.807) is 6.92 Å². The lowest BCUT2D eigenvalue weighted by Gasteiger charge is -2.12. The zero-order valence-electron chi connectivity index (χ0n) is 11.1. The number of anilines is 1. The van der Waals surface area contributed by atoms with Gasteiger partial charge in [-0.15, -0.1) is 0 Å². The fraction of sp³-hybridized carbons (Fsp3) is 0.333. The van der Waals surface area contributed by atoms with Gasteiger partial charge in [0.2, 0.25) is 0 Å². The van der Waals surface area contributed by atoms with Gasteiger partial charge in [-0.3, -0.25) is 19.7 Å². The van der Waals surface area contributed by atoms with Crippen molar-refractivity contribution < 1.29 is 19.2 Å². The van der Waals surface area contributed by atoms with E-state index in [9.17, 15) is 19.7 Å². The van der Waals surface area contributed by atoms with Crippen LogP contribution in [0.15, 0.2) is 24.3 Å². The van der Waals surface area contributed by atoms with Crippen molar-refractivity contribution in [3.05, 3.63) is 34.4 Å². The largest absolute Gasteiger partial charge is 0.383 e. The standard InChI is InChI=1S/C12H15N3O5/c1-8(7-20-2)13-11(16)12(17)14-9-3-5-10(6-4-9)15(18)19/h3-6,8H,7H2,1-2H3,(H,13,16)(H,14,17). The van der Waals surface area contributed by atoms with Gasteiger partial charge in [0.25, 0.3) is 5.69 Å². The summed E-state index contributed by atoms with van der Waals surface area (Å²) in [6, 6.07) is 4.88. The number of nitro benzene ring substituents is 1. The third-order valence-electron chi connectivity index (χ3n) is 2.34. The Morgan fingerprint density at radius 1 is 1.30 bits per heavy atom. The Kier molecular flexibility index (Phi) is 5.60. The molecule has 2 N–H and O–H groups in total. The first-order chi connectivity index (χ1) is 9.43. The maximum absolute atomic E-state index is 11.6. The highest BCUT2D eigenvalue weighted by Gasteiger charge is 2.16. The zero-order chi connectivity index (χ0) is 15.1. The molecule has 108 valence electrons. The van der Waals surface area contributed by atoms with Crippen LogP contribution >= 0.6 is 0 Å². The van der Waals surface area contributed by atoms with Crippen LogP contribution in [-0.4, -0.2) is 36.5 Å². The van der Waals surface area contributed by atoms with E-state index < -0.39 is 16.7 Å². The van der Waals surface area contributed by atoms with Crippen LogP contribution in [0.3, 0.4) is 0 Å². The number of methoxy groups -OCH3 is 1. The van der Waals surface area contributed by atoms with Gasteiger partial charge in [-0.05, 0) is 19.1 Å². The molecule has 2 amide bonds. The molecule has 0 aliphatic rings. The first-order valence-electron chi connectivity index (χ1n) is 5.79. The average molecular weight is 281 g/mol. The summed E-state index contributed by atoms with van der Waals surface area (Å²) in [5.74, 6) is -1.64. The number of non-ortho nitro benzene ring substituents is 1. The minimum absolute atomic E-state index is 0.0961. The zero-order valence-corrected chi connectivity index (χ0v) is 11.1. The van der Waals surface area contributed by atoms with E-state index in [1.165, 1.54) is 31.4 Å². The number of hydrogen-bond acceptors (Lipinski definition) is 5. The van der Waals surface area contributed by atoms with Crippen LogP contribution in [0, 0.1) is 10.1 Å². The second-order valence-corrected chi connectivity index (χ2v) is 4.09. The second kappa shape index (κ2) is 7.19. The van der Waals surface area contributed by atoms with E-state index in [0.717, 1.165) is 0 Å². The summed E-state index contributed by atoms with van der Waals surface area (Å²) < 4.78 is 4.83. The van der Waals surface area contributed by atoms with E-state index in [-0.39, 0.29) is 18.3 Å². The minimum Gasteiger partial charge on any atom is -0.383 e. The molecule has 1 aromatic carbocycles. The van der Waals surface area contributed by atoms with Crippen LogP contribution < -0.4 is 10.6 Å². The Morgan fingerprint density at radius 3 is 2.40 bits per heavy atom. The summed E-state index contributed by atoms with van der Waals surface area (Å²) in [7, 11) is 1.49. The fourth-order valence-corrected chi connectivity index (χ4v) is 1.44. The van der Waals surface area contributed by atoms with Crippen molar-refractivity contribution in [3.8, 4) is 0 Å². The van der Waals surface area contributed by atoms with Crippen molar-refractivity contribution in [2.24, 2.45) is 0 Å². The molecule has 0 radical (unpaired) electrons. The molecule has 20 heavy (non-hydrogen) atoms. The summed E-state index contributed by atoms with van der Waals surface area (Å²) >= 11 is 0. The van der Waals surface area contributed by atoms with Gasteiger partial charge in [0.15, 0.2) is 0 Å². The Morgan fingerprint density at radius 2 is 1.90 bits per heavy atom. The van der Waals surface area contributed by atoms with Gasteiger partial charge in [0.05, 0.1) is 11.5 Å². The molecule has 1 aromatic rings. The Labute approximate surface area is 115 Å². The first kappa shape index (κ1) is 15.6. The topological polar surface area (TPSA) is 111 Å². The van der Waals surface area contributed by atoms with Gasteiger partial charge in [-0.1, -0.05) is 0 Å². The maximum atomic E-state index is 11.6. The summed E-state index contributed by atoms with van der Waals surface area (Å²) in [6.07, 6.45) is 0. The number of nitrogens with one attached hydrogen (secondary N) is 2. The molecule has 0 spiro atoms. The van der Waals surface area contributed by atoms with E-state index in [2.05, 4.69) is 10.6 Å². The fourth-order valence-electron chi connectivity index (χ4n) is 1.44. The van der Waals surface area contributed by atoms with Crippen LogP contribution in [-0.2, 0) is 14.3 Å². The van der Waals surface area contributed by atoms with E-state index in [1.807, 2.05) is 0 Å². The maximum Gasteiger partial charge on any atom is 0.313 e. The first-order valence-corrected chi connectivity index (χ1v) is 5.79. The third-order valence-corrected chi connectivity index (χ3v) is 2.34. The molecule has 0 saturated heterocycles. The molecule has 0 aliphatic carbocycles. The lowest BCUT2D eigenvalue weighted by molar-refractivity contribution is -0.384. The summed E-state index contributed by atoms with van der Waals surface area (Å²) in [5.41, 5.74) is 0.205. The highest BCUT2D eigenvalue weighted by molar-refractivity contribution is 6.39. The molecule has 0 aliphatic heterocycles. The smallest absolute Gasteiger partial charge is 0.313 e.